The number of ether oxygens (including phenoxy) is 2. The van der Waals surface area contributed by atoms with Crippen LogP contribution in [0.3, 0.4) is 0 Å². The highest BCUT2D eigenvalue weighted by molar-refractivity contribution is 5.96. The van der Waals surface area contributed by atoms with Gasteiger partial charge < -0.3 is 9.47 Å². The van der Waals surface area contributed by atoms with Crippen molar-refractivity contribution in [3.63, 3.8) is 0 Å². The van der Waals surface area contributed by atoms with Crippen molar-refractivity contribution < 1.29 is 31.8 Å². The molecule has 0 aromatic heterocycles. The van der Waals surface area contributed by atoms with Gasteiger partial charge in [0, 0.05) is 11.5 Å². The Bertz CT molecular complexity index is 1370. The molecule has 39 heavy (non-hydrogen) atoms. The first-order valence-electron chi connectivity index (χ1n) is 12.6. The minimum atomic E-state index is -4.60. The highest BCUT2D eigenvalue weighted by Crippen LogP contribution is 2.37. The molecule has 0 N–H and O–H groups in total. The first-order valence-corrected chi connectivity index (χ1v) is 12.6. The van der Waals surface area contributed by atoms with Crippen molar-refractivity contribution in [3.8, 4) is 16.9 Å². The number of carbonyl (C=O) groups excluding carboxylic acids is 1. The minimum Gasteiger partial charge on any atom is -0.497 e. The Balaban J connectivity index is 1.55. The summed E-state index contributed by atoms with van der Waals surface area (Å²) in [4.78, 5) is 12.1. The number of hydrogen-bond donors (Lipinski definition) is 0. The molecule has 2 atom stereocenters. The average molecular weight is 543 g/mol. The van der Waals surface area contributed by atoms with Crippen molar-refractivity contribution in [2.75, 3.05) is 18.7 Å². The van der Waals surface area contributed by atoms with Crippen molar-refractivity contribution in [3.05, 3.63) is 83.2 Å². The summed E-state index contributed by atoms with van der Waals surface area (Å²) in [6.45, 7) is 5.17. The van der Waals surface area contributed by atoms with Crippen molar-refractivity contribution in [2.45, 2.75) is 45.8 Å². The summed E-state index contributed by atoms with van der Waals surface area (Å²) in [7, 11) is 1.53. The summed E-state index contributed by atoms with van der Waals surface area (Å²) in [5.41, 5.74) is 3.67. The number of nitrogens with zero attached hydrogens (tertiary/aromatic N) is 2. The molecule has 0 saturated carbocycles. The number of anilines is 1. The third kappa shape index (κ3) is 6.24. The summed E-state index contributed by atoms with van der Waals surface area (Å²) in [6, 6.07) is 16.6. The van der Waals surface area contributed by atoms with E-state index in [9.17, 15) is 22.4 Å². The molecular formula is C30H30F4N2O3. The van der Waals surface area contributed by atoms with Crippen LogP contribution in [0, 0.1) is 18.7 Å². The zero-order valence-corrected chi connectivity index (χ0v) is 22.2. The summed E-state index contributed by atoms with van der Waals surface area (Å²) in [5.74, 6) is -1.34. The minimum absolute atomic E-state index is 0.149. The fourth-order valence-electron chi connectivity index (χ4n) is 4.79. The molecule has 3 aromatic carbocycles. The van der Waals surface area contributed by atoms with Gasteiger partial charge in [0.15, 0.2) is 0 Å². The summed E-state index contributed by atoms with van der Waals surface area (Å²) in [5, 5.41) is 5.14. The lowest BCUT2D eigenvalue weighted by Gasteiger charge is -2.26. The normalized spacial score (nSPS) is 17.2. The predicted octanol–water partition coefficient (Wildman–Crippen LogP) is 7.10. The van der Waals surface area contributed by atoms with Gasteiger partial charge >= 0.3 is 12.1 Å². The third-order valence-corrected chi connectivity index (χ3v) is 6.93. The second kappa shape index (κ2) is 11.5. The van der Waals surface area contributed by atoms with Crippen molar-refractivity contribution >= 4 is 17.4 Å². The molecule has 0 amide bonds. The van der Waals surface area contributed by atoms with E-state index in [1.54, 1.807) is 31.2 Å². The van der Waals surface area contributed by atoms with E-state index in [2.05, 4.69) is 5.10 Å². The maximum atomic E-state index is 14.4. The molecule has 0 spiro atoms. The number of alkyl halides is 3. The van der Waals surface area contributed by atoms with Crippen LogP contribution in [0.2, 0.25) is 0 Å². The second-order valence-electron chi connectivity index (χ2n) is 9.52. The summed E-state index contributed by atoms with van der Waals surface area (Å²) < 4.78 is 65.4. The standard InChI is InChI=1S/C30H30F4N2O3/c1-5-39-28(37)17-27-19(3)29(30(32,33)34)35-36(27)23-10-6-20(7-11-23)15-21-8-9-22(14-18(21)2)25-16-24(38-4)12-13-26(25)31/h6-14,16,19,27H,5,15,17H2,1-4H3/t19-,27-/m0/s1. The fourth-order valence-corrected chi connectivity index (χ4v) is 4.79. The largest absolute Gasteiger partial charge is 0.497 e. The SMILES string of the molecule is CCOC(=O)C[C@H]1[C@H](C)C(C(F)(F)F)=NN1c1ccc(Cc2ccc(-c3cc(OC)ccc3F)cc2C)cc1. The van der Waals surface area contributed by atoms with E-state index in [0.29, 0.717) is 23.4 Å². The van der Waals surface area contributed by atoms with E-state index in [-0.39, 0.29) is 18.8 Å². The number of esters is 1. The van der Waals surface area contributed by atoms with Gasteiger partial charge in [0.25, 0.3) is 0 Å². The van der Waals surface area contributed by atoms with Crippen LogP contribution in [0.4, 0.5) is 23.2 Å². The molecule has 1 aliphatic heterocycles. The first-order chi connectivity index (χ1) is 18.5. The van der Waals surface area contributed by atoms with Crippen LogP contribution in [0.5, 0.6) is 5.75 Å². The molecule has 1 heterocycles. The lowest BCUT2D eigenvalue weighted by molar-refractivity contribution is -0.143. The number of methoxy groups -OCH3 is 1. The topological polar surface area (TPSA) is 51.1 Å². The molecule has 0 radical (unpaired) electrons. The van der Waals surface area contributed by atoms with E-state index in [1.807, 2.05) is 37.3 Å². The first kappa shape index (κ1) is 28.1. The van der Waals surface area contributed by atoms with Gasteiger partial charge in [-0.05, 0) is 72.9 Å². The zero-order chi connectivity index (χ0) is 28.3. The van der Waals surface area contributed by atoms with Crippen LogP contribution in [0.25, 0.3) is 11.1 Å². The summed E-state index contributed by atoms with van der Waals surface area (Å²) >= 11 is 0. The molecule has 4 rings (SSSR count). The molecular weight excluding hydrogens is 512 g/mol. The lowest BCUT2D eigenvalue weighted by Crippen LogP contribution is -2.37. The quantitative estimate of drug-likeness (QED) is 0.225. The van der Waals surface area contributed by atoms with Gasteiger partial charge in [0.1, 0.15) is 17.3 Å². The molecule has 3 aromatic rings. The number of hydrazone groups is 1. The van der Waals surface area contributed by atoms with Crippen LogP contribution in [0.15, 0.2) is 65.8 Å². The van der Waals surface area contributed by atoms with Crippen LogP contribution in [-0.4, -0.2) is 37.6 Å². The van der Waals surface area contributed by atoms with E-state index < -0.39 is 29.8 Å². The van der Waals surface area contributed by atoms with Crippen LogP contribution >= 0.6 is 0 Å². The number of rotatable bonds is 8. The van der Waals surface area contributed by atoms with E-state index >= 15 is 0 Å². The Morgan fingerprint density at radius 1 is 1.05 bits per heavy atom. The maximum Gasteiger partial charge on any atom is 0.431 e. The van der Waals surface area contributed by atoms with E-state index in [0.717, 1.165) is 22.3 Å². The molecule has 5 nitrogen and oxygen atoms in total. The average Bonchev–Trinajstić information content (AvgIpc) is 3.22. The van der Waals surface area contributed by atoms with Crippen LogP contribution < -0.4 is 9.75 Å². The fraction of sp³-hybridized carbons (Fsp3) is 0.333. The van der Waals surface area contributed by atoms with Gasteiger partial charge in [-0.1, -0.05) is 37.3 Å². The molecule has 0 fully saturated rings. The Kier molecular flexibility index (Phi) is 8.28. The van der Waals surface area contributed by atoms with Crippen LogP contribution in [-0.2, 0) is 16.0 Å². The molecule has 0 saturated heterocycles. The highest BCUT2D eigenvalue weighted by Gasteiger charge is 2.48. The van der Waals surface area contributed by atoms with Crippen molar-refractivity contribution in [1.82, 2.24) is 0 Å². The summed E-state index contributed by atoms with van der Waals surface area (Å²) in [6.07, 6.45) is -4.23. The molecule has 9 heteroatoms. The van der Waals surface area contributed by atoms with Gasteiger partial charge in [0.2, 0.25) is 0 Å². The van der Waals surface area contributed by atoms with E-state index in [4.69, 9.17) is 9.47 Å². The van der Waals surface area contributed by atoms with Gasteiger partial charge in [-0.25, -0.2) is 4.39 Å². The number of hydrogen-bond acceptors (Lipinski definition) is 5. The predicted molar refractivity (Wildman–Crippen MR) is 143 cm³/mol. The van der Waals surface area contributed by atoms with E-state index in [1.165, 1.54) is 25.1 Å². The number of benzene rings is 3. The third-order valence-electron chi connectivity index (χ3n) is 6.93. The van der Waals surface area contributed by atoms with Gasteiger partial charge in [-0.3, -0.25) is 9.80 Å². The number of aryl methyl sites for hydroxylation is 1. The van der Waals surface area contributed by atoms with Crippen LogP contribution in [0.1, 0.15) is 37.0 Å². The molecule has 1 aliphatic rings. The number of halogens is 4. The molecule has 0 aliphatic carbocycles. The Hall–Kier alpha value is -3.88. The lowest BCUT2D eigenvalue weighted by atomic mass is 9.94. The van der Waals surface area contributed by atoms with Crippen molar-refractivity contribution in [1.29, 1.82) is 0 Å². The second-order valence-corrected chi connectivity index (χ2v) is 9.52. The van der Waals surface area contributed by atoms with Gasteiger partial charge in [0.05, 0.1) is 31.9 Å². The Morgan fingerprint density at radius 2 is 1.77 bits per heavy atom. The molecule has 0 unspecified atom stereocenters. The molecule has 0 bridgehead atoms. The van der Waals surface area contributed by atoms with Gasteiger partial charge in [-0.2, -0.15) is 18.3 Å². The smallest absolute Gasteiger partial charge is 0.431 e. The maximum absolute atomic E-state index is 14.4. The Morgan fingerprint density at radius 3 is 2.38 bits per heavy atom. The molecule has 206 valence electrons. The van der Waals surface area contributed by atoms with Gasteiger partial charge in [-0.15, -0.1) is 0 Å². The van der Waals surface area contributed by atoms with Crippen molar-refractivity contribution in [2.24, 2.45) is 11.0 Å². The number of carbonyl (C=O) groups is 1. The zero-order valence-electron chi connectivity index (χ0n) is 22.2. The highest BCUT2D eigenvalue weighted by atomic mass is 19.4. The monoisotopic (exact) mass is 542 g/mol. The Labute approximate surface area is 225 Å².